The summed E-state index contributed by atoms with van der Waals surface area (Å²) in [5.41, 5.74) is 1.84. The van der Waals surface area contributed by atoms with E-state index < -0.39 is 24.1 Å². The highest BCUT2D eigenvalue weighted by Crippen LogP contribution is 2.26. The smallest absolute Gasteiger partial charge is 0.328 e. The van der Waals surface area contributed by atoms with Crippen molar-refractivity contribution in [3.05, 3.63) is 23.8 Å². The average Bonchev–Trinajstić information content (AvgIpc) is 2.76. The van der Waals surface area contributed by atoms with Crippen LogP contribution in [-0.4, -0.2) is 39.3 Å². The fourth-order valence-electron chi connectivity index (χ4n) is 1.75. The molecule has 0 aliphatic carbocycles. The number of aliphatic hydroxyl groups is 1. The Morgan fingerprint density at radius 3 is 2.71 bits per heavy atom. The molecule has 4 N–H and O–H groups in total. The van der Waals surface area contributed by atoms with Crippen molar-refractivity contribution >= 4 is 38.7 Å². The van der Waals surface area contributed by atoms with E-state index in [0.717, 1.165) is 15.8 Å². The number of aliphatic carboxylic acids is 1. The van der Waals surface area contributed by atoms with Crippen molar-refractivity contribution in [1.82, 2.24) is 10.3 Å². The maximum Gasteiger partial charge on any atom is 0.328 e. The summed E-state index contributed by atoms with van der Waals surface area (Å²) in [4.78, 5) is 26.9. The Labute approximate surface area is 124 Å². The van der Waals surface area contributed by atoms with Gasteiger partial charge in [0.25, 0.3) is 0 Å². The third kappa shape index (κ3) is 3.67. The predicted octanol–water partition coefficient (Wildman–Crippen LogP) is 1.56. The number of rotatable bonds is 4. The van der Waals surface area contributed by atoms with Crippen molar-refractivity contribution < 1.29 is 19.8 Å². The lowest BCUT2D eigenvalue weighted by molar-refractivity contribution is -0.141. The Morgan fingerprint density at radius 1 is 1.38 bits per heavy atom. The highest BCUT2D eigenvalue weighted by atomic mass is 32.1. The number of benzene rings is 1. The van der Waals surface area contributed by atoms with Crippen molar-refractivity contribution in [1.29, 1.82) is 0 Å². The lowest BCUT2D eigenvalue weighted by Crippen LogP contribution is -2.49. The molecule has 0 unspecified atom stereocenters. The maximum atomic E-state index is 11.7. The van der Waals surface area contributed by atoms with Crippen LogP contribution >= 0.6 is 11.3 Å². The number of anilines is 1. The van der Waals surface area contributed by atoms with E-state index in [-0.39, 0.29) is 0 Å². The van der Waals surface area contributed by atoms with Gasteiger partial charge in [0.05, 0.1) is 16.3 Å². The largest absolute Gasteiger partial charge is 0.480 e. The molecule has 2 aromatic rings. The standard InChI is InChI=1S/C13H15N3O4S/c1-6-3-4-8-9(5-6)21-13(14-8)16-12(20)15-10(7(2)17)11(18)19/h3-5,7,10,17H,1-2H3,(H,18,19)(H2,14,15,16,20)/t7-,10+/m1/s1. The van der Waals surface area contributed by atoms with Gasteiger partial charge in [-0.15, -0.1) is 0 Å². The van der Waals surface area contributed by atoms with Crippen molar-refractivity contribution in [3.8, 4) is 0 Å². The van der Waals surface area contributed by atoms with Gasteiger partial charge in [0.1, 0.15) is 0 Å². The molecule has 0 spiro atoms. The lowest BCUT2D eigenvalue weighted by Gasteiger charge is -2.16. The first-order chi connectivity index (χ1) is 9.86. The van der Waals surface area contributed by atoms with Gasteiger partial charge in [-0.2, -0.15) is 0 Å². The SMILES string of the molecule is Cc1ccc2nc(NC(=O)N[C@H](C(=O)O)[C@@H](C)O)sc2c1. The van der Waals surface area contributed by atoms with Crippen LogP contribution in [0.5, 0.6) is 0 Å². The molecule has 2 rings (SSSR count). The van der Waals surface area contributed by atoms with Crippen LogP contribution in [-0.2, 0) is 4.79 Å². The first kappa shape index (κ1) is 15.2. The van der Waals surface area contributed by atoms with Gasteiger partial charge in [0.2, 0.25) is 0 Å². The molecule has 0 fully saturated rings. The number of urea groups is 1. The molecule has 0 saturated carbocycles. The normalized spacial score (nSPS) is 13.7. The molecule has 2 amide bonds. The number of nitrogens with one attached hydrogen (secondary N) is 2. The van der Waals surface area contributed by atoms with Crippen LogP contribution < -0.4 is 10.6 Å². The number of thiazole rings is 1. The van der Waals surface area contributed by atoms with Gasteiger partial charge in [-0.1, -0.05) is 17.4 Å². The fourth-order valence-corrected chi connectivity index (χ4v) is 2.71. The van der Waals surface area contributed by atoms with Crippen LogP contribution in [0.2, 0.25) is 0 Å². The number of aryl methyl sites for hydroxylation is 1. The molecule has 21 heavy (non-hydrogen) atoms. The van der Waals surface area contributed by atoms with Gasteiger partial charge in [0, 0.05) is 0 Å². The van der Waals surface area contributed by atoms with Crippen molar-refractivity contribution in [3.63, 3.8) is 0 Å². The molecule has 1 aromatic carbocycles. The van der Waals surface area contributed by atoms with E-state index in [9.17, 15) is 14.7 Å². The first-order valence-electron chi connectivity index (χ1n) is 6.22. The minimum absolute atomic E-state index is 0.364. The summed E-state index contributed by atoms with van der Waals surface area (Å²) < 4.78 is 0.926. The number of aliphatic hydroxyl groups excluding tert-OH is 1. The number of carbonyl (C=O) groups is 2. The van der Waals surface area contributed by atoms with Gasteiger partial charge >= 0.3 is 12.0 Å². The van der Waals surface area contributed by atoms with Crippen LogP contribution in [0.15, 0.2) is 18.2 Å². The van der Waals surface area contributed by atoms with E-state index in [0.29, 0.717) is 5.13 Å². The Morgan fingerprint density at radius 2 is 2.10 bits per heavy atom. The van der Waals surface area contributed by atoms with Crippen molar-refractivity contribution in [2.24, 2.45) is 0 Å². The summed E-state index contributed by atoms with van der Waals surface area (Å²) in [5.74, 6) is -1.31. The van der Waals surface area contributed by atoms with Gasteiger partial charge in [0.15, 0.2) is 11.2 Å². The van der Waals surface area contributed by atoms with E-state index in [4.69, 9.17) is 5.11 Å². The molecule has 0 aliphatic rings. The second kappa shape index (κ2) is 6.06. The highest BCUT2D eigenvalue weighted by molar-refractivity contribution is 7.22. The van der Waals surface area contributed by atoms with Crippen LogP contribution in [0.3, 0.4) is 0 Å². The highest BCUT2D eigenvalue weighted by Gasteiger charge is 2.25. The predicted molar refractivity (Wildman–Crippen MR) is 79.6 cm³/mol. The minimum atomic E-state index is -1.37. The summed E-state index contributed by atoms with van der Waals surface area (Å²) in [6, 6.07) is 3.62. The Kier molecular flexibility index (Phi) is 4.39. The molecule has 112 valence electrons. The number of carbonyl (C=O) groups excluding carboxylic acids is 1. The summed E-state index contributed by atoms with van der Waals surface area (Å²) >= 11 is 1.29. The van der Waals surface area contributed by atoms with Crippen LogP contribution in [0.4, 0.5) is 9.93 Å². The number of hydrogen-bond donors (Lipinski definition) is 4. The van der Waals surface area contributed by atoms with Gasteiger partial charge in [-0.25, -0.2) is 14.6 Å². The zero-order chi connectivity index (χ0) is 15.6. The Balaban J connectivity index is 2.09. The zero-order valence-corrected chi connectivity index (χ0v) is 12.3. The van der Waals surface area contributed by atoms with E-state index in [1.165, 1.54) is 18.3 Å². The van der Waals surface area contributed by atoms with E-state index in [1.54, 1.807) is 0 Å². The van der Waals surface area contributed by atoms with Crippen LogP contribution in [0.1, 0.15) is 12.5 Å². The van der Waals surface area contributed by atoms with E-state index >= 15 is 0 Å². The number of nitrogens with zero attached hydrogens (tertiary/aromatic N) is 1. The monoisotopic (exact) mass is 309 g/mol. The lowest BCUT2D eigenvalue weighted by atomic mass is 10.2. The Hall–Kier alpha value is -2.19. The number of fused-ring (bicyclic) bond motifs is 1. The Bertz CT molecular complexity index is 683. The van der Waals surface area contributed by atoms with Crippen LogP contribution in [0, 0.1) is 6.92 Å². The second-order valence-electron chi connectivity index (χ2n) is 4.65. The summed E-state index contributed by atoms with van der Waals surface area (Å²) in [5, 5.41) is 23.2. The molecule has 0 saturated heterocycles. The zero-order valence-electron chi connectivity index (χ0n) is 11.5. The summed E-state index contributed by atoms with van der Waals surface area (Å²) in [6.45, 7) is 3.25. The van der Waals surface area contributed by atoms with Crippen molar-refractivity contribution in [2.75, 3.05) is 5.32 Å². The maximum absolute atomic E-state index is 11.7. The molecule has 1 aromatic heterocycles. The minimum Gasteiger partial charge on any atom is -0.480 e. The third-order valence-corrected chi connectivity index (χ3v) is 3.73. The molecule has 0 aliphatic heterocycles. The van der Waals surface area contributed by atoms with Gasteiger partial charge in [-0.05, 0) is 31.5 Å². The number of carboxylic acid groups (broad SMARTS) is 1. The summed E-state index contributed by atoms with van der Waals surface area (Å²) in [7, 11) is 0. The number of hydrogen-bond acceptors (Lipinski definition) is 5. The fraction of sp³-hybridized carbons (Fsp3) is 0.308. The molecule has 0 radical (unpaired) electrons. The topological polar surface area (TPSA) is 112 Å². The second-order valence-corrected chi connectivity index (χ2v) is 5.68. The number of aromatic nitrogens is 1. The molecular formula is C13H15N3O4S. The third-order valence-electron chi connectivity index (χ3n) is 2.80. The average molecular weight is 309 g/mol. The summed E-state index contributed by atoms with van der Waals surface area (Å²) in [6.07, 6.45) is -1.20. The van der Waals surface area contributed by atoms with E-state index in [2.05, 4.69) is 15.6 Å². The number of carboxylic acids is 1. The van der Waals surface area contributed by atoms with E-state index in [1.807, 2.05) is 25.1 Å². The van der Waals surface area contributed by atoms with Crippen LogP contribution in [0.25, 0.3) is 10.2 Å². The van der Waals surface area contributed by atoms with Gasteiger partial charge in [-0.3, -0.25) is 5.32 Å². The number of amides is 2. The molecular weight excluding hydrogens is 294 g/mol. The molecule has 8 heteroatoms. The quantitative estimate of drug-likeness (QED) is 0.685. The molecule has 1 heterocycles. The molecule has 7 nitrogen and oxygen atoms in total. The van der Waals surface area contributed by atoms with Crippen molar-refractivity contribution in [2.45, 2.75) is 26.0 Å². The van der Waals surface area contributed by atoms with Gasteiger partial charge < -0.3 is 15.5 Å². The first-order valence-corrected chi connectivity index (χ1v) is 7.04. The molecule has 2 atom stereocenters. The molecule has 0 bridgehead atoms.